The van der Waals surface area contributed by atoms with E-state index in [2.05, 4.69) is 265 Å². The van der Waals surface area contributed by atoms with Crippen molar-refractivity contribution in [3.8, 4) is 0 Å². The summed E-state index contributed by atoms with van der Waals surface area (Å²) in [5.41, 5.74) is 0. The molecule has 12 rings (SSSR count). The van der Waals surface area contributed by atoms with Crippen molar-refractivity contribution in [3.05, 3.63) is 243 Å². The van der Waals surface area contributed by atoms with Gasteiger partial charge in [0.25, 0.3) is 0 Å². The van der Waals surface area contributed by atoms with Crippen LogP contribution in [0, 0.1) is 23.7 Å². The van der Waals surface area contributed by atoms with E-state index < -0.39 is 29.7 Å². The first-order chi connectivity index (χ1) is 35.0. The molecule has 0 radical (unpaired) electrons. The molecule has 0 aromatic heterocycles. The van der Waals surface area contributed by atoms with E-state index in [1.807, 2.05) is 0 Å². The third-order valence-electron chi connectivity index (χ3n) is 18.5. The zero-order valence-electron chi connectivity index (χ0n) is 41.8. The Labute approximate surface area is 427 Å². The quantitative estimate of drug-likeness (QED) is 0.113. The fraction of sp³-hybridized carbons (Fsp3) is 0.262. The van der Waals surface area contributed by atoms with Gasteiger partial charge < -0.3 is 0 Å². The van der Waals surface area contributed by atoms with Gasteiger partial charge in [0.2, 0.25) is 0 Å². The topological polar surface area (TPSA) is 6.48 Å². The third-order valence-corrected chi connectivity index (χ3v) is 46.2. The van der Waals surface area contributed by atoms with Gasteiger partial charge in [-0.25, -0.2) is 0 Å². The van der Waals surface area contributed by atoms with Gasteiger partial charge >= 0.3 is 430 Å². The van der Waals surface area contributed by atoms with Gasteiger partial charge in [-0.3, -0.25) is 0 Å². The second-order valence-corrected chi connectivity index (χ2v) is 39.3. The summed E-state index contributed by atoms with van der Waals surface area (Å²) in [6.45, 7) is 5.33. The van der Waals surface area contributed by atoms with Crippen molar-refractivity contribution >= 4 is 72.1 Å². The van der Waals surface area contributed by atoms with Crippen LogP contribution in [0.25, 0.3) is 0 Å². The first kappa shape index (κ1) is 47.4. The molecular formula is C65H74N2P4. The van der Waals surface area contributed by atoms with Crippen LogP contribution in [0.3, 0.4) is 0 Å². The van der Waals surface area contributed by atoms with Gasteiger partial charge in [0.1, 0.15) is 0 Å². The van der Waals surface area contributed by atoms with Gasteiger partial charge in [0, 0.05) is 0 Å². The first-order valence-electron chi connectivity index (χ1n) is 27.0. The molecule has 0 N–H and O–H groups in total. The summed E-state index contributed by atoms with van der Waals surface area (Å²) >= 11 is 0. The number of benzene rings is 8. The predicted molar refractivity (Wildman–Crippen MR) is 320 cm³/mol. The summed E-state index contributed by atoms with van der Waals surface area (Å²) in [4.78, 5) is 0. The summed E-state index contributed by atoms with van der Waals surface area (Å²) in [6.07, 6.45) is 9.30. The van der Waals surface area contributed by atoms with E-state index in [0.717, 1.165) is 11.8 Å². The Morgan fingerprint density at radius 1 is 0.296 bits per heavy atom. The van der Waals surface area contributed by atoms with E-state index in [1.165, 1.54) is 56.8 Å². The average Bonchev–Trinajstić information content (AvgIpc) is 3.43. The molecule has 2 aliphatic carbocycles. The van der Waals surface area contributed by atoms with E-state index in [-0.39, 0.29) is 0 Å². The van der Waals surface area contributed by atoms with Crippen LogP contribution in [0.4, 0.5) is 0 Å². The van der Waals surface area contributed by atoms with Gasteiger partial charge in [-0.2, -0.15) is 0 Å². The molecule has 364 valence electrons. The van der Waals surface area contributed by atoms with Gasteiger partial charge in [0.15, 0.2) is 0 Å². The number of nitrogens with zero attached hydrogens (tertiary/aromatic N) is 2. The normalized spacial score (nSPS) is 27.4. The molecule has 8 aromatic carbocycles. The van der Waals surface area contributed by atoms with Crippen molar-refractivity contribution in [2.75, 3.05) is 11.8 Å². The number of hydrogen-bond acceptors (Lipinski definition) is 2. The monoisotopic (exact) mass is 1010 g/mol. The van der Waals surface area contributed by atoms with Gasteiger partial charge in [-0.15, -0.1) is 0 Å². The fourth-order valence-corrected chi connectivity index (χ4v) is 51.0. The average molecular weight is 1010 g/mol. The second-order valence-electron chi connectivity index (χ2n) is 22.1. The zero-order chi connectivity index (χ0) is 47.9. The van der Waals surface area contributed by atoms with Crippen LogP contribution in [0.15, 0.2) is 243 Å². The van der Waals surface area contributed by atoms with Gasteiger partial charge in [-0.05, 0) is 0 Å². The third kappa shape index (κ3) is 7.99. The van der Waals surface area contributed by atoms with Crippen molar-refractivity contribution in [2.45, 2.75) is 70.9 Å². The van der Waals surface area contributed by atoms with E-state index in [4.69, 9.17) is 0 Å². The predicted octanol–water partition coefficient (Wildman–Crippen LogP) is 12.8. The molecular weight excluding hydrogens is 933 g/mol. The molecule has 2 heterocycles. The molecule has 4 fully saturated rings. The van der Waals surface area contributed by atoms with Crippen molar-refractivity contribution in [3.63, 3.8) is 0 Å². The Morgan fingerprint density at radius 2 is 0.493 bits per heavy atom. The minimum absolute atomic E-state index is 0.545. The summed E-state index contributed by atoms with van der Waals surface area (Å²) in [7, 11) is -9.48. The van der Waals surface area contributed by atoms with Crippen LogP contribution in [0.2, 0.25) is 0 Å². The molecule has 6 atom stereocenters. The minimum atomic E-state index is -2.37. The van der Waals surface area contributed by atoms with E-state index in [9.17, 15) is 0 Å². The van der Waals surface area contributed by atoms with Crippen LogP contribution in [-0.4, -0.2) is 32.8 Å². The summed E-state index contributed by atoms with van der Waals surface area (Å²) in [5.74, 6) is 5.36. The molecule has 6 unspecified atom stereocenters. The Hall–Kier alpha value is -4.60. The first-order valence-corrected chi connectivity index (χ1v) is 35.6. The molecule has 4 aliphatic rings. The second kappa shape index (κ2) is 20.0. The van der Waals surface area contributed by atoms with Crippen LogP contribution in [0.1, 0.15) is 58.8 Å². The molecule has 0 spiro atoms. The van der Waals surface area contributed by atoms with Crippen molar-refractivity contribution < 1.29 is 0 Å². The molecule has 6 heteroatoms. The zero-order valence-corrected chi connectivity index (χ0v) is 45.8. The van der Waals surface area contributed by atoms with Gasteiger partial charge in [0.05, 0.1) is 0 Å². The molecule has 2 saturated carbocycles. The summed E-state index contributed by atoms with van der Waals surface area (Å²) in [6, 6.07) is 95.8. The van der Waals surface area contributed by atoms with Crippen molar-refractivity contribution in [2.24, 2.45) is 23.7 Å². The Bertz CT molecular complexity index is 2440. The van der Waals surface area contributed by atoms with E-state index in [0.29, 0.717) is 23.9 Å². The number of hydrogen-bond donors (Lipinski definition) is 0. The Balaban J connectivity index is 0.861. The van der Waals surface area contributed by atoms with Crippen LogP contribution in [-0.2, 0) is 0 Å². The van der Waals surface area contributed by atoms with Gasteiger partial charge in [-0.1, -0.05) is 0 Å². The fourth-order valence-electron chi connectivity index (χ4n) is 15.6. The molecule has 0 bridgehead atoms. The van der Waals surface area contributed by atoms with Crippen LogP contribution >= 0.6 is 29.7 Å². The van der Waals surface area contributed by atoms with E-state index in [1.54, 1.807) is 42.4 Å². The maximum atomic E-state index is 3.34. The number of rotatable bonds is 12. The Kier molecular flexibility index (Phi) is 13.4. The molecule has 2 nitrogen and oxygen atoms in total. The molecule has 2 aliphatic heterocycles. The van der Waals surface area contributed by atoms with Crippen molar-refractivity contribution in [1.29, 1.82) is 0 Å². The van der Waals surface area contributed by atoms with Crippen molar-refractivity contribution in [1.82, 2.24) is 8.88 Å². The molecule has 71 heavy (non-hydrogen) atoms. The Morgan fingerprint density at radius 3 is 0.676 bits per heavy atom. The van der Waals surface area contributed by atoms with E-state index >= 15 is 0 Å². The molecule has 0 amide bonds. The van der Waals surface area contributed by atoms with Crippen LogP contribution < -0.4 is 42.4 Å². The standard InChI is InChI=1S/C65H74N2P4/c1-52-47-54(43-45-64(52)66-68(56-27-11-3-12-28-56,57-29-13-4-14-30-57)50-69(66,58-31-15-5-16-32-58)59-33-17-6-18-34-59)49-55-44-46-65(53(2)48-55)67-70(60-35-19-7-20-36-60,61-37-21-8-22-38-61)51-71(67,62-39-23-9-24-40-62)63-41-25-10-26-42-63/h3-42,52-55,64-65,68-71H,43-51H2,1-2H3. The summed E-state index contributed by atoms with van der Waals surface area (Å²) < 4.78 is 6.67. The van der Waals surface area contributed by atoms with Crippen LogP contribution in [0.5, 0.6) is 0 Å². The molecule has 8 aromatic rings. The molecule has 2 saturated heterocycles. The summed E-state index contributed by atoms with van der Waals surface area (Å²) in [5, 5.41) is 12.7. The SMILES string of the molecule is CC1CC(CC2CCC(N3[PH](c4ccccc4)(c4ccccc4)C[PH]3(c3ccccc3)c3ccccc3)C(C)C2)CCC1N1[PH](c2ccccc2)(c2ccccc2)C[PH]1(c1ccccc1)c1ccccc1. The maximum absolute atomic E-state index is 3.34.